The van der Waals surface area contributed by atoms with Gasteiger partial charge in [-0.05, 0) is 50.5 Å². The number of amides is 1. The lowest BCUT2D eigenvalue weighted by atomic mass is 10.1. The van der Waals surface area contributed by atoms with Gasteiger partial charge < -0.3 is 15.2 Å². The van der Waals surface area contributed by atoms with Crippen LogP contribution in [0.2, 0.25) is 0 Å². The molecule has 2 atom stereocenters. The summed E-state index contributed by atoms with van der Waals surface area (Å²) in [6.07, 6.45) is 0.672. The second kappa shape index (κ2) is 9.38. The van der Waals surface area contributed by atoms with Gasteiger partial charge in [0.05, 0.1) is 0 Å². The Hall–Kier alpha value is -2.34. The summed E-state index contributed by atoms with van der Waals surface area (Å²) >= 11 is 3.23. The molecule has 6 heteroatoms. The molecular weight excluding hydrogens is 398 g/mol. The summed E-state index contributed by atoms with van der Waals surface area (Å²) < 4.78 is 5.80. The van der Waals surface area contributed by atoms with Gasteiger partial charge in [-0.1, -0.05) is 46.3 Å². The number of hydrogen-bond donors (Lipinski definition) is 2. The third kappa shape index (κ3) is 5.88. The summed E-state index contributed by atoms with van der Waals surface area (Å²) in [5, 5.41) is 12.6. The van der Waals surface area contributed by atoms with Gasteiger partial charge in [0.15, 0.2) is 6.10 Å². The summed E-state index contributed by atoms with van der Waals surface area (Å²) in [6.45, 7) is 3.42. The van der Waals surface area contributed by atoms with E-state index in [1.165, 1.54) is 24.6 Å². The van der Waals surface area contributed by atoms with Crippen LogP contribution in [0.5, 0.6) is 5.75 Å². The zero-order chi connectivity index (χ0) is 19.1. The lowest BCUT2D eigenvalue weighted by molar-refractivity contribution is -0.129. The molecule has 0 heterocycles. The van der Waals surface area contributed by atoms with Gasteiger partial charge in [0.2, 0.25) is 0 Å². The van der Waals surface area contributed by atoms with Crippen LogP contribution in [0.15, 0.2) is 53.0 Å². The molecule has 0 saturated carbocycles. The number of aromatic hydroxyl groups is 1. The first kappa shape index (κ1) is 20.0. The summed E-state index contributed by atoms with van der Waals surface area (Å²) in [5.74, 6) is -1.31. The van der Waals surface area contributed by atoms with Crippen molar-refractivity contribution in [3.63, 3.8) is 0 Å². The predicted octanol–water partition coefficient (Wildman–Crippen LogP) is 3.84. The quantitative estimate of drug-likeness (QED) is 0.668. The van der Waals surface area contributed by atoms with E-state index in [4.69, 9.17) is 4.74 Å². The van der Waals surface area contributed by atoms with E-state index in [2.05, 4.69) is 21.2 Å². The minimum absolute atomic E-state index is 0.0103. The van der Waals surface area contributed by atoms with Gasteiger partial charge in [-0.2, -0.15) is 0 Å². The van der Waals surface area contributed by atoms with Crippen LogP contribution < -0.4 is 5.32 Å². The molecule has 2 N–H and O–H groups in total. The standard InChI is InChI=1S/C20H22BrNO4/c1-13(8-9-15-6-4-3-5-7-15)22-19(24)14(2)26-20(25)17-12-16(21)10-11-18(17)23/h3-7,10-14,23H,8-9H2,1-2H3,(H,22,24)/t13-,14+/m1/s1. The largest absolute Gasteiger partial charge is 0.507 e. The van der Waals surface area contributed by atoms with E-state index in [-0.39, 0.29) is 23.3 Å². The topological polar surface area (TPSA) is 75.6 Å². The number of rotatable bonds is 7. The van der Waals surface area contributed by atoms with Crippen molar-refractivity contribution in [2.24, 2.45) is 0 Å². The van der Waals surface area contributed by atoms with Gasteiger partial charge in [0.25, 0.3) is 5.91 Å². The van der Waals surface area contributed by atoms with Crippen LogP contribution in [0.4, 0.5) is 0 Å². The van der Waals surface area contributed by atoms with Crippen molar-refractivity contribution in [1.29, 1.82) is 0 Å². The molecule has 2 aromatic carbocycles. The SMILES string of the molecule is C[C@H](CCc1ccccc1)NC(=O)[C@H](C)OC(=O)c1cc(Br)ccc1O. The molecule has 0 aromatic heterocycles. The monoisotopic (exact) mass is 419 g/mol. The summed E-state index contributed by atoms with van der Waals surface area (Å²) in [6, 6.07) is 14.4. The first-order chi connectivity index (χ1) is 12.4. The van der Waals surface area contributed by atoms with Crippen LogP contribution in [0.3, 0.4) is 0 Å². The van der Waals surface area contributed by atoms with Crippen LogP contribution in [0, 0.1) is 0 Å². The Morgan fingerprint density at radius 2 is 1.85 bits per heavy atom. The van der Waals surface area contributed by atoms with Gasteiger partial charge in [-0.3, -0.25) is 4.79 Å². The average Bonchev–Trinajstić information content (AvgIpc) is 2.62. The van der Waals surface area contributed by atoms with Crippen molar-refractivity contribution < 1.29 is 19.4 Å². The third-order valence-electron chi connectivity index (χ3n) is 3.93. The Bertz CT molecular complexity index is 764. The molecule has 26 heavy (non-hydrogen) atoms. The molecule has 2 aromatic rings. The van der Waals surface area contributed by atoms with E-state index in [0.29, 0.717) is 4.47 Å². The number of carbonyl (C=O) groups is 2. The number of carbonyl (C=O) groups excluding carboxylic acids is 2. The van der Waals surface area contributed by atoms with Crippen LogP contribution in [0.25, 0.3) is 0 Å². The van der Waals surface area contributed by atoms with E-state index >= 15 is 0 Å². The van der Waals surface area contributed by atoms with Crippen molar-refractivity contribution in [2.45, 2.75) is 38.8 Å². The van der Waals surface area contributed by atoms with Crippen LogP contribution in [-0.2, 0) is 16.0 Å². The fraction of sp³-hybridized carbons (Fsp3) is 0.300. The number of aryl methyl sites for hydroxylation is 1. The Kier molecular flexibility index (Phi) is 7.21. The van der Waals surface area contributed by atoms with Crippen molar-refractivity contribution in [2.75, 3.05) is 0 Å². The van der Waals surface area contributed by atoms with Gasteiger partial charge in [-0.25, -0.2) is 4.79 Å². The minimum atomic E-state index is -0.958. The molecule has 0 saturated heterocycles. The Morgan fingerprint density at radius 3 is 2.54 bits per heavy atom. The molecule has 0 aliphatic heterocycles. The lowest BCUT2D eigenvalue weighted by Crippen LogP contribution is -2.41. The van der Waals surface area contributed by atoms with Gasteiger partial charge in [0.1, 0.15) is 11.3 Å². The fourth-order valence-corrected chi connectivity index (χ4v) is 2.77. The summed E-state index contributed by atoms with van der Waals surface area (Å²) in [4.78, 5) is 24.4. The maximum Gasteiger partial charge on any atom is 0.342 e. The molecule has 0 aliphatic rings. The molecule has 0 unspecified atom stereocenters. The van der Waals surface area contributed by atoms with Crippen LogP contribution in [-0.4, -0.2) is 29.1 Å². The first-order valence-electron chi connectivity index (χ1n) is 8.40. The van der Waals surface area contributed by atoms with E-state index in [1.807, 2.05) is 37.3 Å². The fourth-order valence-electron chi connectivity index (χ4n) is 2.41. The lowest BCUT2D eigenvalue weighted by Gasteiger charge is -2.18. The molecular formula is C20H22BrNO4. The highest BCUT2D eigenvalue weighted by Crippen LogP contribution is 2.23. The second-order valence-electron chi connectivity index (χ2n) is 6.14. The molecule has 138 valence electrons. The van der Waals surface area contributed by atoms with E-state index in [0.717, 1.165) is 12.8 Å². The second-order valence-corrected chi connectivity index (χ2v) is 7.06. The maximum absolute atomic E-state index is 12.2. The van der Waals surface area contributed by atoms with E-state index in [1.54, 1.807) is 6.07 Å². The predicted molar refractivity (Wildman–Crippen MR) is 103 cm³/mol. The Morgan fingerprint density at radius 1 is 1.15 bits per heavy atom. The highest BCUT2D eigenvalue weighted by Gasteiger charge is 2.22. The smallest absolute Gasteiger partial charge is 0.342 e. The molecule has 1 amide bonds. The zero-order valence-electron chi connectivity index (χ0n) is 14.7. The highest BCUT2D eigenvalue weighted by molar-refractivity contribution is 9.10. The number of phenols is 1. The van der Waals surface area contributed by atoms with E-state index < -0.39 is 12.1 Å². The molecule has 0 radical (unpaired) electrons. The number of phenolic OH excluding ortho intramolecular Hbond substituents is 1. The van der Waals surface area contributed by atoms with Gasteiger partial charge in [0, 0.05) is 10.5 Å². The molecule has 5 nitrogen and oxygen atoms in total. The van der Waals surface area contributed by atoms with Gasteiger partial charge in [-0.15, -0.1) is 0 Å². The minimum Gasteiger partial charge on any atom is -0.507 e. The third-order valence-corrected chi connectivity index (χ3v) is 4.42. The van der Waals surface area contributed by atoms with Crippen molar-refractivity contribution in [3.8, 4) is 5.75 Å². The number of hydrogen-bond acceptors (Lipinski definition) is 4. The Labute approximate surface area is 161 Å². The molecule has 0 aliphatic carbocycles. The van der Waals surface area contributed by atoms with Crippen LogP contribution >= 0.6 is 15.9 Å². The first-order valence-corrected chi connectivity index (χ1v) is 9.20. The number of benzene rings is 2. The number of ether oxygens (including phenoxy) is 1. The molecule has 0 spiro atoms. The molecule has 2 rings (SSSR count). The van der Waals surface area contributed by atoms with Crippen molar-refractivity contribution >= 4 is 27.8 Å². The molecule has 0 bridgehead atoms. The van der Waals surface area contributed by atoms with Crippen molar-refractivity contribution in [3.05, 3.63) is 64.1 Å². The highest BCUT2D eigenvalue weighted by atomic mass is 79.9. The van der Waals surface area contributed by atoms with Gasteiger partial charge >= 0.3 is 5.97 Å². The average molecular weight is 420 g/mol. The summed E-state index contributed by atoms with van der Waals surface area (Å²) in [5.41, 5.74) is 1.22. The van der Waals surface area contributed by atoms with Crippen molar-refractivity contribution in [1.82, 2.24) is 5.32 Å². The molecule has 0 fully saturated rings. The number of nitrogens with one attached hydrogen (secondary N) is 1. The number of halogens is 1. The van der Waals surface area contributed by atoms with E-state index in [9.17, 15) is 14.7 Å². The summed E-state index contributed by atoms with van der Waals surface area (Å²) in [7, 11) is 0. The van der Waals surface area contributed by atoms with Crippen LogP contribution in [0.1, 0.15) is 36.2 Å². The number of esters is 1. The maximum atomic E-state index is 12.2. The zero-order valence-corrected chi connectivity index (χ0v) is 16.3. The Balaban J connectivity index is 1.84. The normalized spacial score (nSPS) is 12.9.